The van der Waals surface area contributed by atoms with Crippen molar-refractivity contribution >= 4 is 41.2 Å². The van der Waals surface area contributed by atoms with Gasteiger partial charge < -0.3 is 9.47 Å². The molecular weight excluding hydrogens is 396 g/mol. The van der Waals surface area contributed by atoms with Gasteiger partial charge in [0.25, 0.3) is 11.8 Å². The van der Waals surface area contributed by atoms with Crippen LogP contribution >= 0.6 is 11.6 Å². The summed E-state index contributed by atoms with van der Waals surface area (Å²) >= 11 is 5.97. The van der Waals surface area contributed by atoms with Crippen LogP contribution in [-0.4, -0.2) is 31.6 Å². The fraction of sp³-hybridized carbons (Fsp3) is 0.190. The number of carbonyl (C=O) groups is 3. The van der Waals surface area contributed by atoms with Crippen LogP contribution in [0.1, 0.15) is 18.9 Å². The van der Waals surface area contributed by atoms with Crippen molar-refractivity contribution in [2.24, 2.45) is 0 Å². The number of carbonyl (C=O) groups excluding carboxylic acids is 3. The summed E-state index contributed by atoms with van der Waals surface area (Å²) in [6.45, 7) is 2.42. The van der Waals surface area contributed by atoms with Crippen molar-refractivity contribution in [2.45, 2.75) is 13.3 Å². The number of barbiturate groups is 1. The number of rotatable bonds is 6. The fourth-order valence-electron chi connectivity index (χ4n) is 2.76. The highest BCUT2D eigenvalue weighted by Gasteiger charge is 2.37. The number of nitrogens with zero attached hydrogens (tertiary/aromatic N) is 1. The lowest BCUT2D eigenvalue weighted by Gasteiger charge is -2.26. The first-order valence-electron chi connectivity index (χ1n) is 8.92. The lowest BCUT2D eigenvalue weighted by Crippen LogP contribution is -2.54. The molecule has 1 fully saturated rings. The Balaban J connectivity index is 2.02. The van der Waals surface area contributed by atoms with Gasteiger partial charge in [-0.15, -0.1) is 0 Å². The van der Waals surface area contributed by atoms with Crippen LogP contribution in [0.3, 0.4) is 0 Å². The van der Waals surface area contributed by atoms with E-state index in [2.05, 4.69) is 5.32 Å². The van der Waals surface area contributed by atoms with Crippen LogP contribution in [0.15, 0.2) is 48.0 Å². The van der Waals surface area contributed by atoms with Crippen LogP contribution in [-0.2, 0) is 9.59 Å². The molecule has 1 saturated heterocycles. The Bertz CT molecular complexity index is 1000. The molecule has 0 spiro atoms. The predicted molar refractivity (Wildman–Crippen MR) is 109 cm³/mol. The maximum atomic E-state index is 13.0. The molecule has 3 rings (SSSR count). The molecule has 0 bridgehead atoms. The molecule has 0 saturated carbocycles. The number of benzene rings is 2. The summed E-state index contributed by atoms with van der Waals surface area (Å²) in [7, 11) is 1.53. The normalized spacial score (nSPS) is 15.5. The number of halogens is 1. The molecule has 8 heteroatoms. The number of hydrogen-bond acceptors (Lipinski definition) is 5. The van der Waals surface area contributed by atoms with Crippen molar-refractivity contribution in [2.75, 3.05) is 18.6 Å². The van der Waals surface area contributed by atoms with Gasteiger partial charge >= 0.3 is 6.03 Å². The van der Waals surface area contributed by atoms with Gasteiger partial charge in [-0.05, 0) is 42.8 Å². The third-order valence-corrected chi connectivity index (χ3v) is 4.39. The highest BCUT2D eigenvalue weighted by molar-refractivity contribution is 6.39. The van der Waals surface area contributed by atoms with E-state index in [1.807, 2.05) is 6.92 Å². The van der Waals surface area contributed by atoms with E-state index in [1.165, 1.54) is 19.3 Å². The third kappa shape index (κ3) is 4.41. The first-order valence-corrected chi connectivity index (χ1v) is 9.30. The van der Waals surface area contributed by atoms with E-state index in [4.69, 9.17) is 21.1 Å². The van der Waals surface area contributed by atoms with Crippen LogP contribution in [0.5, 0.6) is 11.5 Å². The van der Waals surface area contributed by atoms with Gasteiger partial charge in [0.15, 0.2) is 0 Å². The van der Waals surface area contributed by atoms with Gasteiger partial charge in [0, 0.05) is 16.7 Å². The number of imide groups is 2. The Labute approximate surface area is 172 Å². The number of hydrogen-bond donors (Lipinski definition) is 1. The molecule has 0 aliphatic carbocycles. The zero-order valence-electron chi connectivity index (χ0n) is 15.9. The third-order valence-electron chi connectivity index (χ3n) is 4.15. The molecule has 1 heterocycles. The SMILES string of the molecule is CCCOc1cc(OC)ccc1/C=C1\C(=O)NC(=O)N(c2cccc(Cl)c2)C1=O. The van der Waals surface area contributed by atoms with Crippen molar-refractivity contribution in [3.63, 3.8) is 0 Å². The molecule has 4 amide bonds. The van der Waals surface area contributed by atoms with E-state index in [0.29, 0.717) is 28.7 Å². The summed E-state index contributed by atoms with van der Waals surface area (Å²) in [5.74, 6) is -0.493. The second-order valence-electron chi connectivity index (χ2n) is 6.19. The minimum Gasteiger partial charge on any atom is -0.497 e. The quantitative estimate of drug-likeness (QED) is 0.574. The zero-order valence-corrected chi connectivity index (χ0v) is 16.7. The van der Waals surface area contributed by atoms with Crippen molar-refractivity contribution in [1.29, 1.82) is 0 Å². The largest absolute Gasteiger partial charge is 0.497 e. The maximum Gasteiger partial charge on any atom is 0.335 e. The van der Waals surface area contributed by atoms with Crippen LogP contribution in [0.2, 0.25) is 5.02 Å². The first-order chi connectivity index (χ1) is 13.9. The Kier molecular flexibility index (Phi) is 6.19. The Hall–Kier alpha value is -3.32. The van der Waals surface area contributed by atoms with Gasteiger partial charge in [0.2, 0.25) is 0 Å². The van der Waals surface area contributed by atoms with E-state index in [0.717, 1.165) is 11.3 Å². The standard InChI is InChI=1S/C21H19ClN2O5/c1-3-9-29-18-12-16(28-2)8-7-13(18)10-17-19(25)23-21(27)24(20(17)26)15-6-4-5-14(22)11-15/h4-8,10-12H,3,9H2,1-2H3,(H,23,25,27)/b17-10+. The highest BCUT2D eigenvalue weighted by Crippen LogP contribution is 2.29. The smallest absolute Gasteiger partial charge is 0.335 e. The lowest BCUT2D eigenvalue weighted by atomic mass is 10.1. The number of ether oxygens (including phenoxy) is 2. The molecule has 7 nitrogen and oxygen atoms in total. The molecule has 1 aliphatic heterocycles. The van der Waals surface area contributed by atoms with Crippen LogP contribution in [0.4, 0.5) is 10.5 Å². The fourth-order valence-corrected chi connectivity index (χ4v) is 2.95. The summed E-state index contributed by atoms with van der Waals surface area (Å²) in [5, 5.41) is 2.54. The van der Waals surface area contributed by atoms with Gasteiger partial charge in [0.05, 0.1) is 19.4 Å². The van der Waals surface area contributed by atoms with Crippen molar-refractivity contribution in [1.82, 2.24) is 5.32 Å². The molecule has 0 unspecified atom stereocenters. The second kappa shape index (κ2) is 8.79. The van der Waals surface area contributed by atoms with E-state index in [9.17, 15) is 14.4 Å². The first kappa shape index (κ1) is 20.4. The van der Waals surface area contributed by atoms with Gasteiger partial charge in [-0.2, -0.15) is 0 Å². The van der Waals surface area contributed by atoms with Crippen LogP contribution < -0.4 is 19.7 Å². The molecule has 0 atom stereocenters. The monoisotopic (exact) mass is 414 g/mol. The van der Waals surface area contributed by atoms with Crippen molar-refractivity contribution in [3.05, 3.63) is 58.6 Å². The Morgan fingerprint density at radius 3 is 2.62 bits per heavy atom. The molecule has 150 valence electrons. The molecule has 0 aromatic heterocycles. The minimum absolute atomic E-state index is 0.198. The summed E-state index contributed by atoms with van der Waals surface area (Å²) in [5.41, 5.74) is 0.574. The molecule has 0 radical (unpaired) electrons. The average Bonchev–Trinajstić information content (AvgIpc) is 2.70. The molecule has 1 N–H and O–H groups in total. The Morgan fingerprint density at radius 1 is 1.14 bits per heavy atom. The van der Waals surface area contributed by atoms with Gasteiger partial charge in [-0.3, -0.25) is 14.9 Å². The summed E-state index contributed by atoms with van der Waals surface area (Å²) < 4.78 is 10.9. The molecule has 1 aliphatic rings. The maximum absolute atomic E-state index is 13.0. The van der Waals surface area contributed by atoms with E-state index < -0.39 is 17.8 Å². The topological polar surface area (TPSA) is 84.9 Å². The molecular formula is C21H19ClN2O5. The second-order valence-corrected chi connectivity index (χ2v) is 6.63. The Morgan fingerprint density at radius 2 is 1.93 bits per heavy atom. The molecule has 2 aromatic carbocycles. The van der Waals surface area contributed by atoms with Gasteiger partial charge in [-0.1, -0.05) is 24.6 Å². The molecule has 2 aromatic rings. The lowest BCUT2D eigenvalue weighted by molar-refractivity contribution is -0.122. The summed E-state index contributed by atoms with van der Waals surface area (Å²) in [6.07, 6.45) is 2.18. The van der Waals surface area contributed by atoms with Crippen LogP contribution in [0.25, 0.3) is 6.08 Å². The summed E-state index contributed by atoms with van der Waals surface area (Å²) in [4.78, 5) is 38.5. The van der Waals surface area contributed by atoms with Crippen molar-refractivity contribution in [3.8, 4) is 11.5 Å². The predicted octanol–water partition coefficient (Wildman–Crippen LogP) is 3.80. The van der Waals surface area contributed by atoms with Gasteiger partial charge in [0.1, 0.15) is 17.1 Å². The molecule has 29 heavy (non-hydrogen) atoms. The highest BCUT2D eigenvalue weighted by atomic mass is 35.5. The van der Waals surface area contributed by atoms with Gasteiger partial charge in [-0.25, -0.2) is 9.69 Å². The zero-order chi connectivity index (χ0) is 21.0. The number of urea groups is 1. The van der Waals surface area contributed by atoms with Crippen LogP contribution in [0, 0.1) is 0 Å². The minimum atomic E-state index is -0.836. The number of methoxy groups -OCH3 is 1. The van der Waals surface area contributed by atoms with E-state index in [-0.39, 0.29) is 11.3 Å². The number of nitrogens with one attached hydrogen (secondary N) is 1. The summed E-state index contributed by atoms with van der Waals surface area (Å²) in [6, 6.07) is 10.5. The van der Waals surface area contributed by atoms with E-state index >= 15 is 0 Å². The number of amides is 4. The van der Waals surface area contributed by atoms with E-state index in [1.54, 1.807) is 36.4 Å². The average molecular weight is 415 g/mol. The van der Waals surface area contributed by atoms with Crippen molar-refractivity contribution < 1.29 is 23.9 Å². The number of anilines is 1.